The Morgan fingerprint density at radius 3 is 2.63 bits per heavy atom. The van der Waals surface area contributed by atoms with Gasteiger partial charge in [-0.2, -0.15) is 5.10 Å². The van der Waals surface area contributed by atoms with Crippen LogP contribution in [0.2, 0.25) is 0 Å². The maximum atomic E-state index is 11.8. The molecule has 0 unspecified atom stereocenters. The molecule has 0 aliphatic rings. The summed E-state index contributed by atoms with van der Waals surface area (Å²) in [6.45, 7) is 1.81. The van der Waals surface area contributed by atoms with Gasteiger partial charge in [0.05, 0.1) is 23.3 Å². The molecule has 0 aliphatic heterocycles. The number of hydrogen-bond acceptors (Lipinski definition) is 6. The highest BCUT2D eigenvalue weighted by molar-refractivity contribution is 6.00. The number of H-pyrrole nitrogens is 2. The predicted molar refractivity (Wildman–Crippen MR) is 134 cm³/mol. The third-order valence-corrected chi connectivity index (χ3v) is 5.83. The normalized spacial score (nSPS) is 11.2. The van der Waals surface area contributed by atoms with E-state index >= 15 is 0 Å². The van der Waals surface area contributed by atoms with E-state index in [-0.39, 0.29) is 5.91 Å². The molecule has 6 heterocycles. The van der Waals surface area contributed by atoms with Crippen molar-refractivity contribution in [3.63, 3.8) is 0 Å². The van der Waals surface area contributed by atoms with Gasteiger partial charge < -0.3 is 10.3 Å². The molecule has 0 saturated carbocycles. The van der Waals surface area contributed by atoms with Gasteiger partial charge in [-0.3, -0.25) is 24.8 Å². The van der Waals surface area contributed by atoms with Crippen LogP contribution in [0.5, 0.6) is 0 Å². The number of pyridine rings is 4. The van der Waals surface area contributed by atoms with Crippen molar-refractivity contribution < 1.29 is 4.79 Å². The molecular weight excluding hydrogens is 440 g/mol. The predicted octanol–water partition coefficient (Wildman–Crippen LogP) is 4.97. The standard InChI is InChI=1S/C26H20N8O/c1-2-23(35)31-18-8-16(12-28-14-18)17-9-20-25(33-34-26(20)30-13-17)22-10-19-21(32-22)5-7-29-24(19)15-4-3-6-27-11-15/h3-14,32H,2H2,1H3,(H,31,35)(H,30,33,34). The lowest BCUT2D eigenvalue weighted by atomic mass is 10.1. The molecule has 0 saturated heterocycles. The molecule has 9 heteroatoms. The van der Waals surface area contributed by atoms with Crippen molar-refractivity contribution in [1.82, 2.24) is 35.1 Å². The molecule has 6 aromatic heterocycles. The Morgan fingerprint density at radius 2 is 1.77 bits per heavy atom. The summed E-state index contributed by atoms with van der Waals surface area (Å²) in [4.78, 5) is 32.9. The van der Waals surface area contributed by atoms with Gasteiger partial charge in [-0.15, -0.1) is 0 Å². The molecule has 170 valence electrons. The number of rotatable bonds is 5. The minimum Gasteiger partial charge on any atom is -0.353 e. The highest BCUT2D eigenvalue weighted by atomic mass is 16.1. The highest BCUT2D eigenvalue weighted by Crippen LogP contribution is 2.33. The van der Waals surface area contributed by atoms with E-state index in [4.69, 9.17) is 0 Å². The summed E-state index contributed by atoms with van der Waals surface area (Å²) in [5.41, 5.74) is 7.41. The lowest BCUT2D eigenvalue weighted by Gasteiger charge is -2.06. The van der Waals surface area contributed by atoms with Gasteiger partial charge in [0.25, 0.3) is 0 Å². The summed E-state index contributed by atoms with van der Waals surface area (Å²) in [5, 5.41) is 12.3. The van der Waals surface area contributed by atoms with E-state index in [0.29, 0.717) is 17.8 Å². The first-order valence-corrected chi connectivity index (χ1v) is 11.2. The summed E-state index contributed by atoms with van der Waals surface area (Å²) in [5.74, 6) is -0.0615. The lowest BCUT2D eigenvalue weighted by Crippen LogP contribution is -2.09. The minimum atomic E-state index is -0.0615. The van der Waals surface area contributed by atoms with Crippen molar-refractivity contribution in [2.75, 3.05) is 5.32 Å². The van der Waals surface area contributed by atoms with Crippen LogP contribution in [0.4, 0.5) is 5.69 Å². The first-order chi connectivity index (χ1) is 17.2. The van der Waals surface area contributed by atoms with Gasteiger partial charge >= 0.3 is 0 Å². The second kappa shape index (κ2) is 8.45. The van der Waals surface area contributed by atoms with Crippen molar-refractivity contribution in [2.24, 2.45) is 0 Å². The fourth-order valence-electron chi connectivity index (χ4n) is 4.10. The molecule has 0 aromatic carbocycles. The SMILES string of the molecule is CCC(=O)Nc1cncc(-c2cnc3[nH]nc(-c4cc5c(-c6cccnc6)nccc5[nH]4)c3c2)c1. The largest absolute Gasteiger partial charge is 0.353 e. The average Bonchev–Trinajstić information content (AvgIpc) is 3.53. The molecular formula is C26H20N8O. The van der Waals surface area contributed by atoms with Crippen molar-refractivity contribution in [1.29, 1.82) is 0 Å². The zero-order chi connectivity index (χ0) is 23.8. The Labute approximate surface area is 199 Å². The number of carbonyl (C=O) groups is 1. The van der Waals surface area contributed by atoms with Gasteiger partial charge in [0, 0.05) is 70.4 Å². The van der Waals surface area contributed by atoms with E-state index in [9.17, 15) is 4.79 Å². The minimum absolute atomic E-state index is 0.0615. The smallest absolute Gasteiger partial charge is 0.224 e. The van der Waals surface area contributed by atoms with Gasteiger partial charge in [0.1, 0.15) is 5.69 Å². The number of fused-ring (bicyclic) bond motifs is 2. The molecule has 35 heavy (non-hydrogen) atoms. The summed E-state index contributed by atoms with van der Waals surface area (Å²) in [6, 6.07) is 11.8. The van der Waals surface area contributed by atoms with Crippen molar-refractivity contribution >= 4 is 33.5 Å². The number of nitrogens with one attached hydrogen (secondary N) is 3. The number of hydrogen-bond donors (Lipinski definition) is 3. The Morgan fingerprint density at radius 1 is 0.886 bits per heavy atom. The average molecular weight is 461 g/mol. The molecule has 9 nitrogen and oxygen atoms in total. The van der Waals surface area contributed by atoms with Crippen LogP contribution >= 0.6 is 0 Å². The molecule has 1 amide bonds. The van der Waals surface area contributed by atoms with Gasteiger partial charge in [-0.25, -0.2) is 4.98 Å². The lowest BCUT2D eigenvalue weighted by molar-refractivity contribution is -0.115. The molecule has 0 aliphatic carbocycles. The Kier molecular flexibility index (Phi) is 4.99. The van der Waals surface area contributed by atoms with Gasteiger partial charge in [-0.05, 0) is 36.4 Å². The summed E-state index contributed by atoms with van der Waals surface area (Å²) >= 11 is 0. The van der Waals surface area contributed by atoms with E-state index in [1.165, 1.54) is 0 Å². The van der Waals surface area contributed by atoms with Crippen LogP contribution in [-0.4, -0.2) is 41.0 Å². The maximum absolute atomic E-state index is 11.8. The fraction of sp³-hybridized carbons (Fsp3) is 0.0769. The van der Waals surface area contributed by atoms with Crippen molar-refractivity contribution in [2.45, 2.75) is 13.3 Å². The molecule has 0 fully saturated rings. The van der Waals surface area contributed by atoms with E-state index in [1.807, 2.05) is 37.3 Å². The quantitative estimate of drug-likeness (QED) is 0.333. The number of anilines is 1. The first kappa shape index (κ1) is 20.7. The van der Waals surface area contributed by atoms with Crippen LogP contribution in [0.3, 0.4) is 0 Å². The molecule has 0 radical (unpaired) electrons. The Balaban J connectivity index is 1.43. The number of nitrogens with zero attached hydrogens (tertiary/aromatic N) is 5. The topological polar surface area (TPSA) is 125 Å². The molecule has 0 spiro atoms. The maximum Gasteiger partial charge on any atom is 0.224 e. The van der Waals surface area contributed by atoms with Gasteiger partial charge in [0.2, 0.25) is 5.91 Å². The number of aromatic amines is 2. The van der Waals surface area contributed by atoms with Crippen LogP contribution in [0, 0.1) is 0 Å². The van der Waals surface area contributed by atoms with Crippen LogP contribution < -0.4 is 5.32 Å². The first-order valence-electron chi connectivity index (χ1n) is 11.2. The highest BCUT2D eigenvalue weighted by Gasteiger charge is 2.16. The van der Waals surface area contributed by atoms with E-state index < -0.39 is 0 Å². The Hall–Kier alpha value is -4.92. The molecule has 0 atom stereocenters. The third-order valence-electron chi connectivity index (χ3n) is 5.83. The molecule has 6 aromatic rings. The van der Waals surface area contributed by atoms with Crippen LogP contribution in [0.1, 0.15) is 13.3 Å². The second-order valence-corrected chi connectivity index (χ2v) is 8.10. The molecule has 3 N–H and O–H groups in total. The summed E-state index contributed by atoms with van der Waals surface area (Å²) in [7, 11) is 0. The molecule has 6 rings (SSSR count). The van der Waals surface area contributed by atoms with Gasteiger partial charge in [0.15, 0.2) is 5.65 Å². The number of carbonyl (C=O) groups excluding carboxylic acids is 1. The second-order valence-electron chi connectivity index (χ2n) is 8.10. The van der Waals surface area contributed by atoms with E-state index in [2.05, 4.69) is 46.5 Å². The van der Waals surface area contributed by atoms with Crippen LogP contribution in [0.15, 0.2) is 73.6 Å². The van der Waals surface area contributed by atoms with Crippen molar-refractivity contribution in [3.8, 4) is 33.8 Å². The number of aromatic nitrogens is 7. The summed E-state index contributed by atoms with van der Waals surface area (Å²) < 4.78 is 0. The molecule has 0 bridgehead atoms. The monoisotopic (exact) mass is 460 g/mol. The summed E-state index contributed by atoms with van der Waals surface area (Å²) in [6.07, 6.45) is 10.9. The third kappa shape index (κ3) is 3.78. The van der Waals surface area contributed by atoms with E-state index in [0.717, 1.165) is 50.1 Å². The zero-order valence-corrected chi connectivity index (χ0v) is 18.8. The fourth-order valence-corrected chi connectivity index (χ4v) is 4.10. The number of amides is 1. The Bertz CT molecular complexity index is 1690. The van der Waals surface area contributed by atoms with Gasteiger partial charge in [-0.1, -0.05) is 6.92 Å². The van der Waals surface area contributed by atoms with Crippen molar-refractivity contribution in [3.05, 3.63) is 73.6 Å². The van der Waals surface area contributed by atoms with Crippen LogP contribution in [-0.2, 0) is 4.79 Å². The van der Waals surface area contributed by atoms with E-state index in [1.54, 1.807) is 37.2 Å². The zero-order valence-electron chi connectivity index (χ0n) is 18.8. The van der Waals surface area contributed by atoms with Crippen LogP contribution in [0.25, 0.3) is 55.7 Å².